The van der Waals surface area contributed by atoms with Gasteiger partial charge in [0.15, 0.2) is 5.13 Å². The van der Waals surface area contributed by atoms with Crippen LogP contribution in [-0.4, -0.2) is 20.9 Å². The number of aryl methyl sites for hydroxylation is 2. The number of nitrogens with one attached hydrogen (secondary N) is 2. The van der Waals surface area contributed by atoms with Crippen LogP contribution in [0.3, 0.4) is 0 Å². The molecule has 0 saturated carbocycles. The molecule has 3 aromatic rings. The molecule has 0 unspecified atom stereocenters. The average molecular weight is 363 g/mol. The normalized spacial score (nSPS) is 14.8. The van der Waals surface area contributed by atoms with E-state index in [1.165, 1.54) is 0 Å². The van der Waals surface area contributed by atoms with Gasteiger partial charge in [-0.05, 0) is 38.5 Å². The Morgan fingerprint density at radius 3 is 2.73 bits per heavy atom. The molecule has 0 atom stereocenters. The lowest BCUT2D eigenvalue weighted by atomic mass is 10.0. The topological polar surface area (TPSA) is 79.8 Å². The molecule has 1 aliphatic rings. The van der Waals surface area contributed by atoms with Gasteiger partial charge in [-0.25, -0.2) is 4.98 Å². The molecule has 0 bridgehead atoms. The van der Waals surface area contributed by atoms with E-state index in [0.717, 1.165) is 38.1 Å². The summed E-state index contributed by atoms with van der Waals surface area (Å²) in [6, 6.07) is 3.88. The molecule has 1 aliphatic heterocycles. The van der Waals surface area contributed by atoms with Gasteiger partial charge in [-0.1, -0.05) is 0 Å². The van der Waals surface area contributed by atoms with Crippen molar-refractivity contribution >= 4 is 33.6 Å². The standard InChI is InChI=1S/C19H17N5OS/c1-10-4-5-20-8-14(10)15-6-13-16(9-21-15)24-18(25)17(13)12(3)23-19-22-7-11(2)26-19/h4-9H,1-3H3,(H,22,23)(H,24,25)/b17-12-. The highest BCUT2D eigenvalue weighted by atomic mass is 32.1. The fourth-order valence-electron chi connectivity index (χ4n) is 2.96. The summed E-state index contributed by atoms with van der Waals surface area (Å²) in [5, 5.41) is 6.89. The minimum absolute atomic E-state index is 0.139. The molecule has 0 radical (unpaired) electrons. The number of pyridine rings is 2. The number of carbonyl (C=O) groups is 1. The number of nitrogens with zero attached hydrogens (tertiary/aromatic N) is 3. The summed E-state index contributed by atoms with van der Waals surface area (Å²) >= 11 is 1.55. The third-order valence-electron chi connectivity index (χ3n) is 4.25. The van der Waals surface area contributed by atoms with Crippen LogP contribution in [0.1, 0.15) is 22.9 Å². The fraction of sp³-hybridized carbons (Fsp3) is 0.158. The van der Waals surface area contributed by atoms with Crippen molar-refractivity contribution in [3.8, 4) is 11.3 Å². The van der Waals surface area contributed by atoms with E-state index in [-0.39, 0.29) is 5.91 Å². The molecule has 0 aromatic carbocycles. The molecule has 4 heterocycles. The molecule has 0 fully saturated rings. The summed E-state index contributed by atoms with van der Waals surface area (Å²) in [5.41, 5.74) is 5.75. The van der Waals surface area contributed by atoms with Crippen molar-refractivity contribution in [2.24, 2.45) is 0 Å². The lowest BCUT2D eigenvalue weighted by Crippen LogP contribution is -2.08. The maximum absolute atomic E-state index is 12.5. The third-order valence-corrected chi connectivity index (χ3v) is 5.08. The zero-order valence-corrected chi connectivity index (χ0v) is 15.4. The van der Waals surface area contributed by atoms with E-state index in [1.807, 2.05) is 32.9 Å². The van der Waals surface area contributed by atoms with Crippen molar-refractivity contribution < 1.29 is 4.79 Å². The molecule has 130 valence electrons. The number of allylic oxidation sites excluding steroid dienone is 1. The first-order valence-corrected chi connectivity index (χ1v) is 8.97. The predicted octanol–water partition coefficient (Wildman–Crippen LogP) is 4.01. The maximum Gasteiger partial charge on any atom is 0.258 e. The molecular formula is C19H17N5OS. The first-order valence-electron chi connectivity index (χ1n) is 8.16. The molecule has 26 heavy (non-hydrogen) atoms. The zero-order chi connectivity index (χ0) is 18.3. The Labute approximate surface area is 155 Å². The van der Waals surface area contributed by atoms with Gasteiger partial charge >= 0.3 is 0 Å². The second-order valence-corrected chi connectivity index (χ2v) is 7.40. The van der Waals surface area contributed by atoms with E-state index >= 15 is 0 Å². The monoisotopic (exact) mass is 363 g/mol. The maximum atomic E-state index is 12.5. The van der Waals surface area contributed by atoms with Crippen LogP contribution in [0.25, 0.3) is 16.8 Å². The number of hydrogen-bond acceptors (Lipinski definition) is 6. The Kier molecular flexibility index (Phi) is 4.00. The molecule has 0 saturated heterocycles. The Balaban J connectivity index is 1.78. The van der Waals surface area contributed by atoms with Gasteiger partial charge in [0, 0.05) is 40.3 Å². The van der Waals surface area contributed by atoms with Gasteiger partial charge in [-0.2, -0.15) is 0 Å². The van der Waals surface area contributed by atoms with Crippen LogP contribution >= 0.6 is 11.3 Å². The Morgan fingerprint density at radius 1 is 1.15 bits per heavy atom. The highest BCUT2D eigenvalue weighted by Crippen LogP contribution is 2.36. The first kappa shape index (κ1) is 16.4. The molecule has 3 aromatic heterocycles. The summed E-state index contributed by atoms with van der Waals surface area (Å²) in [4.78, 5) is 26.6. The van der Waals surface area contributed by atoms with Crippen molar-refractivity contribution in [2.75, 3.05) is 10.6 Å². The highest BCUT2D eigenvalue weighted by molar-refractivity contribution is 7.15. The van der Waals surface area contributed by atoms with Crippen LogP contribution in [0, 0.1) is 13.8 Å². The minimum Gasteiger partial charge on any atom is -0.335 e. The summed E-state index contributed by atoms with van der Waals surface area (Å²) < 4.78 is 0. The highest BCUT2D eigenvalue weighted by Gasteiger charge is 2.27. The number of rotatable bonds is 3. The van der Waals surface area contributed by atoms with Gasteiger partial charge in [-0.15, -0.1) is 11.3 Å². The first-order chi connectivity index (χ1) is 12.5. The molecule has 1 amide bonds. The molecule has 2 N–H and O–H groups in total. The van der Waals surface area contributed by atoms with Crippen LogP contribution in [0.4, 0.5) is 10.8 Å². The van der Waals surface area contributed by atoms with Gasteiger partial charge in [0.25, 0.3) is 5.91 Å². The van der Waals surface area contributed by atoms with Crippen molar-refractivity contribution in [1.82, 2.24) is 15.0 Å². The second kappa shape index (κ2) is 6.34. The van der Waals surface area contributed by atoms with Gasteiger partial charge in [0.1, 0.15) is 0 Å². The molecule has 7 heteroatoms. The van der Waals surface area contributed by atoms with Crippen molar-refractivity contribution in [3.05, 3.63) is 58.6 Å². The lowest BCUT2D eigenvalue weighted by Gasteiger charge is -2.09. The Hall–Kier alpha value is -3.06. The fourth-order valence-corrected chi connectivity index (χ4v) is 3.68. The van der Waals surface area contributed by atoms with Crippen molar-refractivity contribution in [2.45, 2.75) is 20.8 Å². The van der Waals surface area contributed by atoms with Crippen LogP contribution < -0.4 is 10.6 Å². The smallest absolute Gasteiger partial charge is 0.258 e. The number of thiazole rings is 1. The summed E-state index contributed by atoms with van der Waals surface area (Å²) in [6.07, 6.45) is 7.05. The van der Waals surface area contributed by atoms with E-state index < -0.39 is 0 Å². The van der Waals surface area contributed by atoms with Crippen LogP contribution in [0.15, 0.2) is 42.6 Å². The third kappa shape index (κ3) is 2.86. The van der Waals surface area contributed by atoms with Crippen LogP contribution in [0.2, 0.25) is 0 Å². The van der Waals surface area contributed by atoms with E-state index in [0.29, 0.717) is 11.3 Å². The number of amides is 1. The van der Waals surface area contributed by atoms with Crippen molar-refractivity contribution in [3.63, 3.8) is 0 Å². The molecule has 0 aliphatic carbocycles. The molecule has 0 spiro atoms. The van der Waals surface area contributed by atoms with Gasteiger partial charge in [0.2, 0.25) is 0 Å². The van der Waals surface area contributed by atoms with Gasteiger partial charge < -0.3 is 10.6 Å². The second-order valence-electron chi connectivity index (χ2n) is 6.16. The largest absolute Gasteiger partial charge is 0.335 e. The molecule has 6 nitrogen and oxygen atoms in total. The summed E-state index contributed by atoms with van der Waals surface area (Å²) in [6.45, 7) is 5.90. The van der Waals surface area contributed by atoms with E-state index in [9.17, 15) is 4.79 Å². The summed E-state index contributed by atoms with van der Waals surface area (Å²) in [5.74, 6) is -0.139. The zero-order valence-electron chi connectivity index (χ0n) is 14.6. The number of hydrogen-bond donors (Lipinski definition) is 2. The average Bonchev–Trinajstić information content (AvgIpc) is 3.16. The van der Waals surface area contributed by atoms with E-state index in [1.54, 1.807) is 36.1 Å². The Morgan fingerprint density at radius 2 is 2.00 bits per heavy atom. The van der Waals surface area contributed by atoms with Gasteiger partial charge in [-0.3, -0.25) is 14.8 Å². The number of fused-ring (bicyclic) bond motifs is 1. The Bertz CT molecular complexity index is 1050. The van der Waals surface area contributed by atoms with Crippen LogP contribution in [-0.2, 0) is 4.79 Å². The number of aromatic nitrogens is 3. The number of carbonyl (C=O) groups excluding carboxylic acids is 1. The minimum atomic E-state index is -0.139. The SMILES string of the molecule is C/C(Nc1ncc(C)s1)=C1/C(=O)Nc2cnc(-c3cnccc3C)cc21. The van der Waals surface area contributed by atoms with E-state index in [4.69, 9.17) is 0 Å². The number of anilines is 2. The van der Waals surface area contributed by atoms with Crippen LogP contribution in [0.5, 0.6) is 0 Å². The summed E-state index contributed by atoms with van der Waals surface area (Å²) in [7, 11) is 0. The van der Waals surface area contributed by atoms with E-state index in [2.05, 4.69) is 25.6 Å². The molecular weight excluding hydrogens is 346 g/mol. The molecule has 4 rings (SSSR count). The quantitative estimate of drug-likeness (QED) is 0.687. The van der Waals surface area contributed by atoms with Gasteiger partial charge in [0.05, 0.1) is 23.2 Å². The van der Waals surface area contributed by atoms with Crippen molar-refractivity contribution in [1.29, 1.82) is 0 Å². The lowest BCUT2D eigenvalue weighted by molar-refractivity contribution is -0.110. The predicted molar refractivity (Wildman–Crippen MR) is 104 cm³/mol.